The summed E-state index contributed by atoms with van der Waals surface area (Å²) >= 11 is 0. The van der Waals surface area contributed by atoms with Crippen LogP contribution >= 0.6 is 0 Å². The number of hydrogen-bond acceptors (Lipinski definition) is 3. The maximum Gasteiger partial charge on any atom is 0.276 e. The van der Waals surface area contributed by atoms with E-state index in [0.29, 0.717) is 5.69 Å². The van der Waals surface area contributed by atoms with Crippen LogP contribution in [0.25, 0.3) is 11.4 Å². The first-order valence-electron chi connectivity index (χ1n) is 7.78. The Morgan fingerprint density at radius 2 is 2.13 bits per heavy atom. The highest BCUT2D eigenvalue weighted by atomic mass is 16.1. The molecule has 1 aromatic carbocycles. The summed E-state index contributed by atoms with van der Waals surface area (Å²) in [7, 11) is 0. The fraction of sp³-hybridized carbons (Fsp3) is 0.235. The molecule has 0 atom stereocenters. The van der Waals surface area contributed by atoms with Crippen LogP contribution in [-0.2, 0) is 12.8 Å². The van der Waals surface area contributed by atoms with Gasteiger partial charge in [-0.05, 0) is 37.8 Å². The van der Waals surface area contributed by atoms with Crippen LogP contribution < -0.4 is 5.32 Å². The molecule has 1 aliphatic rings. The van der Waals surface area contributed by atoms with E-state index in [2.05, 4.69) is 25.5 Å². The zero-order chi connectivity index (χ0) is 15.6. The Kier molecular flexibility index (Phi) is 3.42. The average Bonchev–Trinajstić information content (AvgIpc) is 3.25. The second kappa shape index (κ2) is 5.72. The van der Waals surface area contributed by atoms with Crippen molar-refractivity contribution in [2.45, 2.75) is 25.7 Å². The quantitative estimate of drug-likeness (QED) is 0.695. The molecule has 0 unspecified atom stereocenters. The highest BCUT2D eigenvalue weighted by Crippen LogP contribution is 2.24. The molecule has 2 aromatic heterocycles. The highest BCUT2D eigenvalue weighted by molar-refractivity contribution is 6.04. The van der Waals surface area contributed by atoms with E-state index in [-0.39, 0.29) is 5.91 Å². The predicted molar refractivity (Wildman–Crippen MR) is 87.2 cm³/mol. The van der Waals surface area contributed by atoms with Gasteiger partial charge in [0.15, 0.2) is 5.69 Å². The number of H-pyrrole nitrogens is 2. The van der Waals surface area contributed by atoms with E-state index in [1.54, 1.807) is 12.4 Å². The maximum absolute atomic E-state index is 12.5. The number of rotatable bonds is 3. The van der Waals surface area contributed by atoms with Crippen LogP contribution in [0.2, 0.25) is 0 Å². The molecule has 0 bridgehead atoms. The van der Waals surface area contributed by atoms with Crippen molar-refractivity contribution in [1.29, 1.82) is 0 Å². The smallest absolute Gasteiger partial charge is 0.276 e. The lowest BCUT2D eigenvalue weighted by Gasteiger charge is -2.11. The van der Waals surface area contributed by atoms with E-state index < -0.39 is 0 Å². The molecule has 0 radical (unpaired) electrons. The van der Waals surface area contributed by atoms with Gasteiger partial charge in [0.2, 0.25) is 0 Å². The zero-order valence-electron chi connectivity index (χ0n) is 12.6. The summed E-state index contributed by atoms with van der Waals surface area (Å²) in [5.41, 5.74) is 4.35. The number of amides is 1. The van der Waals surface area contributed by atoms with Gasteiger partial charge in [-0.3, -0.25) is 9.89 Å². The van der Waals surface area contributed by atoms with Crippen molar-refractivity contribution in [1.82, 2.24) is 20.2 Å². The molecule has 6 nitrogen and oxygen atoms in total. The molecule has 4 rings (SSSR count). The molecule has 0 aliphatic heterocycles. The van der Waals surface area contributed by atoms with Gasteiger partial charge >= 0.3 is 0 Å². The average molecular weight is 307 g/mol. The van der Waals surface area contributed by atoms with Crippen LogP contribution in [0, 0.1) is 0 Å². The minimum atomic E-state index is -0.166. The molecule has 0 spiro atoms. The van der Waals surface area contributed by atoms with Crippen molar-refractivity contribution in [3.05, 3.63) is 53.6 Å². The Balaban J connectivity index is 1.57. The first-order valence-corrected chi connectivity index (χ1v) is 7.78. The molecule has 116 valence electrons. The lowest BCUT2D eigenvalue weighted by molar-refractivity contribution is 0.102. The van der Waals surface area contributed by atoms with Crippen LogP contribution in [0.1, 0.15) is 34.6 Å². The Hall–Kier alpha value is -2.89. The third kappa shape index (κ3) is 2.63. The number of nitrogens with one attached hydrogen (secondary N) is 3. The van der Waals surface area contributed by atoms with Gasteiger partial charge < -0.3 is 10.3 Å². The molecule has 3 aromatic rings. The number of fused-ring (bicyclic) bond motifs is 1. The molecule has 23 heavy (non-hydrogen) atoms. The van der Waals surface area contributed by atoms with Crippen molar-refractivity contribution in [2.75, 3.05) is 5.32 Å². The summed E-state index contributed by atoms with van der Waals surface area (Å²) in [6, 6.07) is 7.61. The molecule has 6 heteroatoms. The van der Waals surface area contributed by atoms with Gasteiger partial charge in [0.1, 0.15) is 5.82 Å². The summed E-state index contributed by atoms with van der Waals surface area (Å²) < 4.78 is 0. The van der Waals surface area contributed by atoms with Gasteiger partial charge in [-0.2, -0.15) is 5.10 Å². The van der Waals surface area contributed by atoms with E-state index >= 15 is 0 Å². The van der Waals surface area contributed by atoms with Crippen molar-refractivity contribution in [3.8, 4) is 11.4 Å². The van der Waals surface area contributed by atoms with Crippen LogP contribution in [0.3, 0.4) is 0 Å². The molecule has 0 saturated heterocycles. The van der Waals surface area contributed by atoms with Crippen LogP contribution in [-0.4, -0.2) is 26.1 Å². The van der Waals surface area contributed by atoms with Crippen LogP contribution in [0.4, 0.5) is 5.69 Å². The predicted octanol–water partition coefficient (Wildman–Crippen LogP) is 2.93. The number of aromatic amines is 2. The molecule has 1 aliphatic carbocycles. The Morgan fingerprint density at radius 3 is 3.00 bits per heavy atom. The third-order valence-corrected chi connectivity index (χ3v) is 4.16. The molecule has 1 amide bonds. The summed E-state index contributed by atoms with van der Waals surface area (Å²) in [6.07, 6.45) is 7.64. The minimum absolute atomic E-state index is 0.166. The maximum atomic E-state index is 12.5. The summed E-state index contributed by atoms with van der Waals surface area (Å²) in [4.78, 5) is 19.8. The zero-order valence-corrected chi connectivity index (χ0v) is 12.6. The van der Waals surface area contributed by atoms with Crippen LogP contribution in [0.15, 0.2) is 36.7 Å². The molecule has 0 fully saturated rings. The normalized spacial score (nSPS) is 13.6. The number of aromatic nitrogens is 4. The number of benzene rings is 1. The SMILES string of the molecule is O=C(Nc1cccc(-c2ncc[nH]2)c1)c1n[nH]c2c1CCCC2. The second-order valence-corrected chi connectivity index (χ2v) is 5.71. The van der Waals surface area contributed by atoms with Gasteiger partial charge in [-0.25, -0.2) is 4.98 Å². The number of anilines is 1. The number of aryl methyl sites for hydroxylation is 1. The minimum Gasteiger partial charge on any atom is -0.345 e. The van der Waals surface area contributed by atoms with Crippen molar-refractivity contribution in [2.24, 2.45) is 0 Å². The van der Waals surface area contributed by atoms with E-state index in [4.69, 9.17) is 0 Å². The number of hydrogen-bond donors (Lipinski definition) is 3. The summed E-state index contributed by atoms with van der Waals surface area (Å²) in [6.45, 7) is 0. The van der Waals surface area contributed by atoms with Crippen molar-refractivity contribution >= 4 is 11.6 Å². The Morgan fingerprint density at radius 1 is 1.22 bits per heavy atom. The van der Waals surface area contributed by atoms with E-state index in [9.17, 15) is 4.79 Å². The monoisotopic (exact) mass is 307 g/mol. The largest absolute Gasteiger partial charge is 0.345 e. The lowest BCUT2D eigenvalue weighted by atomic mass is 9.96. The van der Waals surface area contributed by atoms with Crippen LogP contribution in [0.5, 0.6) is 0 Å². The number of carbonyl (C=O) groups excluding carboxylic acids is 1. The summed E-state index contributed by atoms with van der Waals surface area (Å²) in [5, 5.41) is 10.1. The Labute approximate surface area is 133 Å². The van der Waals surface area contributed by atoms with Gasteiger partial charge in [0.05, 0.1) is 0 Å². The fourth-order valence-electron chi connectivity index (χ4n) is 3.03. The second-order valence-electron chi connectivity index (χ2n) is 5.71. The molecule has 0 saturated carbocycles. The first-order chi connectivity index (χ1) is 11.3. The number of carbonyl (C=O) groups is 1. The van der Waals surface area contributed by atoms with E-state index in [1.165, 1.54) is 0 Å². The molecule has 2 heterocycles. The van der Waals surface area contributed by atoms with Crippen molar-refractivity contribution < 1.29 is 4.79 Å². The lowest BCUT2D eigenvalue weighted by Crippen LogP contribution is -2.15. The van der Waals surface area contributed by atoms with E-state index in [0.717, 1.165) is 54.0 Å². The standard InChI is InChI=1S/C17H17N5O/c23-17(15-13-6-1-2-7-14(13)21-22-15)20-12-5-3-4-11(10-12)16-18-8-9-19-16/h3-5,8-10H,1-2,6-7H2,(H,18,19)(H,20,23)(H,21,22). The fourth-order valence-corrected chi connectivity index (χ4v) is 3.03. The third-order valence-electron chi connectivity index (χ3n) is 4.16. The van der Waals surface area contributed by atoms with Crippen molar-refractivity contribution in [3.63, 3.8) is 0 Å². The highest BCUT2D eigenvalue weighted by Gasteiger charge is 2.21. The molecular weight excluding hydrogens is 290 g/mol. The van der Waals surface area contributed by atoms with E-state index in [1.807, 2.05) is 24.3 Å². The summed E-state index contributed by atoms with van der Waals surface area (Å²) in [5.74, 6) is 0.610. The molecule has 3 N–H and O–H groups in total. The molecular formula is C17H17N5O. The van der Waals surface area contributed by atoms with Gasteiger partial charge in [-0.1, -0.05) is 12.1 Å². The first kappa shape index (κ1) is 13.8. The number of nitrogens with zero attached hydrogens (tertiary/aromatic N) is 2. The number of imidazole rings is 1. The topological polar surface area (TPSA) is 86.5 Å². The van der Waals surface area contributed by atoms with Gasteiger partial charge in [0, 0.05) is 34.9 Å². The van der Waals surface area contributed by atoms with Gasteiger partial charge in [-0.15, -0.1) is 0 Å². The Bertz CT molecular complexity index is 835. The van der Waals surface area contributed by atoms with Gasteiger partial charge in [0.25, 0.3) is 5.91 Å².